The molecule has 0 atom stereocenters. The van der Waals surface area contributed by atoms with Gasteiger partial charge in [0, 0.05) is 17.0 Å². The van der Waals surface area contributed by atoms with Gasteiger partial charge in [0.15, 0.2) is 0 Å². The molecular weight excluding hydrogens is 229 g/mol. The fraction of sp³-hybridized carbons (Fsp3) is 0.100. The predicted octanol–water partition coefficient (Wildman–Crippen LogP) is 1.21. The monoisotopic (exact) mass is 239 g/mol. The summed E-state index contributed by atoms with van der Waals surface area (Å²) < 4.78 is 10.9. The summed E-state index contributed by atoms with van der Waals surface area (Å²) in [5, 5.41) is 0.658. The van der Waals surface area contributed by atoms with Gasteiger partial charge in [-0.1, -0.05) is 18.2 Å². The highest BCUT2D eigenvalue weighted by Crippen LogP contribution is 2.40. The van der Waals surface area contributed by atoms with E-state index in [2.05, 4.69) is 4.98 Å². The summed E-state index contributed by atoms with van der Waals surface area (Å²) >= 11 is 0. The van der Waals surface area contributed by atoms with E-state index in [0.717, 1.165) is 0 Å². The first-order valence-electron chi connectivity index (χ1n) is 4.61. The van der Waals surface area contributed by atoms with Crippen LogP contribution in [0, 0.1) is 0 Å². The Kier molecular flexibility index (Phi) is 2.68. The Morgan fingerprint density at radius 1 is 1.25 bits per heavy atom. The van der Waals surface area contributed by atoms with E-state index in [0.29, 0.717) is 16.5 Å². The van der Waals surface area contributed by atoms with Gasteiger partial charge in [-0.3, -0.25) is 9.36 Å². The number of aromatic amines is 1. The molecule has 16 heavy (non-hydrogen) atoms. The lowest BCUT2D eigenvalue weighted by molar-refractivity contribution is 0.372. The first-order chi connectivity index (χ1) is 7.46. The van der Waals surface area contributed by atoms with Crippen LogP contribution in [-0.2, 0) is 10.7 Å². The Balaban J connectivity index is 2.68. The van der Waals surface area contributed by atoms with Gasteiger partial charge in [-0.25, -0.2) is 0 Å². The Morgan fingerprint density at radius 3 is 2.62 bits per heavy atom. The smallest absolute Gasteiger partial charge is 0.324 e. The number of fused-ring (bicyclic) bond motifs is 1. The number of benzene rings is 1. The van der Waals surface area contributed by atoms with Crippen molar-refractivity contribution in [2.75, 3.05) is 0 Å². The highest BCUT2D eigenvalue weighted by atomic mass is 31.2. The minimum absolute atomic E-state index is 0.359. The van der Waals surface area contributed by atoms with Crippen molar-refractivity contribution in [3.8, 4) is 0 Å². The van der Waals surface area contributed by atoms with E-state index >= 15 is 0 Å². The number of H-pyrrole nitrogens is 1. The van der Waals surface area contributed by atoms with Gasteiger partial charge >= 0.3 is 7.60 Å². The molecule has 2 aromatic rings. The van der Waals surface area contributed by atoms with Crippen LogP contribution in [0.15, 0.2) is 35.1 Å². The molecule has 0 aliphatic carbocycles. The number of pyridine rings is 1. The van der Waals surface area contributed by atoms with Crippen LogP contribution in [0.5, 0.6) is 0 Å². The summed E-state index contributed by atoms with van der Waals surface area (Å²) in [7, 11) is -4.16. The van der Waals surface area contributed by atoms with E-state index in [9.17, 15) is 9.36 Å². The molecule has 0 fully saturated rings. The topological polar surface area (TPSA) is 90.4 Å². The number of rotatable bonds is 2. The lowest BCUT2D eigenvalue weighted by Gasteiger charge is -2.07. The Morgan fingerprint density at radius 2 is 1.94 bits per heavy atom. The second-order valence-electron chi connectivity index (χ2n) is 3.53. The average Bonchev–Trinajstić information content (AvgIpc) is 2.14. The first-order valence-corrected chi connectivity index (χ1v) is 6.41. The number of para-hydroxylation sites is 1. The molecule has 0 spiro atoms. The number of hydrogen-bond acceptors (Lipinski definition) is 2. The lowest BCUT2D eigenvalue weighted by atomic mass is 10.1. The Hall–Kier alpha value is -1.42. The molecule has 0 unspecified atom stereocenters. The van der Waals surface area contributed by atoms with Gasteiger partial charge in [-0.15, -0.1) is 0 Å². The summed E-state index contributed by atoms with van der Waals surface area (Å²) in [5.41, 5.74) is 0.591. The van der Waals surface area contributed by atoms with E-state index in [1.54, 1.807) is 24.3 Å². The van der Waals surface area contributed by atoms with Crippen molar-refractivity contribution in [1.82, 2.24) is 4.98 Å². The van der Waals surface area contributed by atoms with E-state index in [4.69, 9.17) is 9.79 Å². The fourth-order valence-electron chi connectivity index (χ4n) is 1.63. The van der Waals surface area contributed by atoms with Gasteiger partial charge in [0.25, 0.3) is 0 Å². The second-order valence-corrected chi connectivity index (χ2v) is 5.17. The SMILES string of the molecule is O=c1cc(CP(=O)(O)O)c2ccccc2[nH]1. The minimum atomic E-state index is -4.16. The van der Waals surface area contributed by atoms with Crippen molar-refractivity contribution in [3.63, 3.8) is 0 Å². The third-order valence-corrected chi connectivity index (χ3v) is 2.97. The van der Waals surface area contributed by atoms with Crippen molar-refractivity contribution in [3.05, 3.63) is 46.2 Å². The molecule has 0 radical (unpaired) electrons. The quantitative estimate of drug-likeness (QED) is 0.687. The summed E-state index contributed by atoms with van der Waals surface area (Å²) in [6.07, 6.45) is -0.419. The zero-order valence-corrected chi connectivity index (χ0v) is 9.15. The van der Waals surface area contributed by atoms with Crippen LogP contribution in [0.4, 0.5) is 0 Å². The van der Waals surface area contributed by atoms with Crippen molar-refractivity contribution >= 4 is 18.5 Å². The maximum Gasteiger partial charge on any atom is 0.329 e. The molecule has 5 nitrogen and oxygen atoms in total. The molecule has 84 valence electrons. The maximum atomic E-state index is 11.3. The molecule has 1 aromatic heterocycles. The van der Waals surface area contributed by atoms with Crippen LogP contribution >= 0.6 is 7.60 Å². The molecule has 1 heterocycles. The van der Waals surface area contributed by atoms with Gasteiger partial charge in [0.1, 0.15) is 0 Å². The van der Waals surface area contributed by atoms with Crippen molar-refractivity contribution in [2.24, 2.45) is 0 Å². The van der Waals surface area contributed by atoms with E-state index in [1.165, 1.54) is 6.07 Å². The van der Waals surface area contributed by atoms with Crippen molar-refractivity contribution in [2.45, 2.75) is 6.16 Å². The second kappa shape index (κ2) is 3.87. The van der Waals surface area contributed by atoms with Gasteiger partial charge in [0.2, 0.25) is 5.56 Å². The zero-order chi connectivity index (χ0) is 11.8. The molecule has 0 aliphatic heterocycles. The highest BCUT2D eigenvalue weighted by Gasteiger charge is 2.16. The molecule has 1 aromatic carbocycles. The zero-order valence-electron chi connectivity index (χ0n) is 8.25. The number of aromatic nitrogens is 1. The molecule has 0 saturated carbocycles. The summed E-state index contributed by atoms with van der Waals surface area (Å²) in [5.74, 6) is 0. The predicted molar refractivity (Wildman–Crippen MR) is 60.3 cm³/mol. The molecule has 0 saturated heterocycles. The van der Waals surface area contributed by atoms with Crippen molar-refractivity contribution in [1.29, 1.82) is 0 Å². The van der Waals surface area contributed by atoms with E-state index in [-0.39, 0.29) is 5.56 Å². The number of hydrogen-bond donors (Lipinski definition) is 3. The average molecular weight is 239 g/mol. The van der Waals surface area contributed by atoms with E-state index < -0.39 is 13.8 Å². The van der Waals surface area contributed by atoms with E-state index in [1.807, 2.05) is 0 Å². The third kappa shape index (κ3) is 2.39. The van der Waals surface area contributed by atoms with Crippen molar-refractivity contribution < 1.29 is 14.4 Å². The summed E-state index contributed by atoms with van der Waals surface area (Å²) in [4.78, 5) is 31.7. The molecule has 0 bridgehead atoms. The third-order valence-electron chi connectivity index (χ3n) is 2.21. The van der Waals surface area contributed by atoms with Crippen LogP contribution in [0.3, 0.4) is 0 Å². The summed E-state index contributed by atoms with van der Waals surface area (Å²) in [6.45, 7) is 0. The maximum absolute atomic E-state index is 11.3. The van der Waals surface area contributed by atoms with Crippen LogP contribution in [-0.4, -0.2) is 14.8 Å². The summed E-state index contributed by atoms with van der Waals surface area (Å²) in [6, 6.07) is 8.14. The van der Waals surface area contributed by atoms with Gasteiger partial charge in [-0.05, 0) is 11.6 Å². The lowest BCUT2D eigenvalue weighted by Crippen LogP contribution is -2.06. The Bertz CT molecular complexity index is 628. The highest BCUT2D eigenvalue weighted by molar-refractivity contribution is 7.50. The standard InChI is InChI=1S/C10H10NO4P/c12-10-5-7(6-16(13,14)15)8-3-1-2-4-9(8)11-10/h1-5H,6H2,(H,11,12)(H2,13,14,15). The van der Waals surface area contributed by atoms with Gasteiger partial charge < -0.3 is 14.8 Å². The fourth-order valence-corrected chi connectivity index (χ4v) is 2.34. The Labute approximate surface area is 90.9 Å². The van der Waals surface area contributed by atoms with Gasteiger partial charge in [-0.2, -0.15) is 0 Å². The largest absolute Gasteiger partial charge is 0.329 e. The molecule has 2 rings (SSSR count). The molecule has 6 heteroatoms. The van der Waals surface area contributed by atoms with Crippen LogP contribution < -0.4 is 5.56 Å². The normalized spacial score (nSPS) is 11.9. The molecule has 0 amide bonds. The minimum Gasteiger partial charge on any atom is -0.324 e. The van der Waals surface area contributed by atoms with Crippen LogP contribution in [0.1, 0.15) is 5.56 Å². The van der Waals surface area contributed by atoms with Crippen LogP contribution in [0.25, 0.3) is 10.9 Å². The molecule has 3 N–H and O–H groups in total. The number of nitrogens with one attached hydrogen (secondary N) is 1. The molecular formula is C10H10NO4P. The molecule has 0 aliphatic rings. The van der Waals surface area contributed by atoms with Gasteiger partial charge in [0.05, 0.1) is 6.16 Å². The van der Waals surface area contributed by atoms with Crippen LogP contribution in [0.2, 0.25) is 0 Å². The first kappa shape index (κ1) is 11.1.